The first-order valence-electron chi connectivity index (χ1n) is 5.01. The second-order valence-corrected chi connectivity index (χ2v) is 3.85. The van der Waals surface area contributed by atoms with Crippen molar-refractivity contribution in [2.24, 2.45) is 0 Å². The summed E-state index contributed by atoms with van der Waals surface area (Å²) < 4.78 is 5.21. The first kappa shape index (κ1) is 10.5. The van der Waals surface area contributed by atoms with Crippen LogP contribution in [0.15, 0.2) is 16.9 Å². The van der Waals surface area contributed by atoms with Crippen molar-refractivity contribution in [3.8, 4) is 5.75 Å². The molecular formula is C12H14N2O2. The molecule has 16 heavy (non-hydrogen) atoms. The fourth-order valence-corrected chi connectivity index (χ4v) is 1.76. The Morgan fingerprint density at radius 3 is 2.62 bits per heavy atom. The lowest BCUT2D eigenvalue weighted by Gasteiger charge is -2.09. The first-order valence-corrected chi connectivity index (χ1v) is 5.01. The minimum absolute atomic E-state index is 0.00292. The highest BCUT2D eigenvalue weighted by molar-refractivity contribution is 5.88. The third-order valence-electron chi connectivity index (χ3n) is 2.80. The zero-order chi connectivity index (χ0) is 11.9. The molecule has 1 heterocycles. The maximum atomic E-state index is 12.0. The second-order valence-electron chi connectivity index (χ2n) is 3.85. The van der Waals surface area contributed by atoms with Crippen LogP contribution in [0.1, 0.15) is 11.3 Å². The van der Waals surface area contributed by atoms with E-state index < -0.39 is 0 Å². The fourth-order valence-electron chi connectivity index (χ4n) is 1.76. The summed E-state index contributed by atoms with van der Waals surface area (Å²) in [5.74, 6) is 0.593. The molecule has 3 N–H and O–H groups in total. The number of pyridine rings is 1. The molecule has 0 bridgehead atoms. The van der Waals surface area contributed by atoms with Crippen molar-refractivity contribution in [2.45, 2.75) is 13.8 Å². The second kappa shape index (κ2) is 3.56. The van der Waals surface area contributed by atoms with Crippen LogP contribution in [0, 0.1) is 13.8 Å². The van der Waals surface area contributed by atoms with Gasteiger partial charge in [0.15, 0.2) is 5.43 Å². The van der Waals surface area contributed by atoms with Gasteiger partial charge in [-0.15, -0.1) is 0 Å². The molecule has 0 saturated carbocycles. The highest BCUT2D eigenvalue weighted by Crippen LogP contribution is 2.25. The van der Waals surface area contributed by atoms with Crippen molar-refractivity contribution >= 4 is 16.6 Å². The van der Waals surface area contributed by atoms with E-state index in [1.165, 1.54) is 0 Å². The highest BCUT2D eigenvalue weighted by atomic mass is 16.5. The lowest BCUT2D eigenvalue weighted by atomic mass is 10.1. The highest BCUT2D eigenvalue weighted by Gasteiger charge is 2.10. The van der Waals surface area contributed by atoms with E-state index >= 15 is 0 Å². The van der Waals surface area contributed by atoms with Crippen LogP contribution in [0.25, 0.3) is 10.9 Å². The van der Waals surface area contributed by atoms with Crippen LogP contribution < -0.4 is 15.9 Å². The van der Waals surface area contributed by atoms with Gasteiger partial charge in [-0.05, 0) is 19.9 Å². The normalized spacial score (nSPS) is 10.7. The number of aromatic amines is 1. The van der Waals surface area contributed by atoms with Gasteiger partial charge in [0.1, 0.15) is 5.75 Å². The number of anilines is 1. The van der Waals surface area contributed by atoms with Crippen molar-refractivity contribution < 1.29 is 4.74 Å². The van der Waals surface area contributed by atoms with Crippen LogP contribution in [0.3, 0.4) is 0 Å². The lowest BCUT2D eigenvalue weighted by Crippen LogP contribution is -2.10. The smallest absolute Gasteiger partial charge is 0.192 e. The zero-order valence-electron chi connectivity index (χ0n) is 9.55. The summed E-state index contributed by atoms with van der Waals surface area (Å²) in [6, 6.07) is 3.37. The van der Waals surface area contributed by atoms with E-state index in [-0.39, 0.29) is 5.43 Å². The van der Waals surface area contributed by atoms with Gasteiger partial charge in [0.25, 0.3) is 0 Å². The molecule has 0 aliphatic rings. The van der Waals surface area contributed by atoms with Gasteiger partial charge in [0.05, 0.1) is 18.0 Å². The standard InChI is InChI=1S/C12H14N2O2/c1-6-7(2)14-11-9(12(6)15)4-8(13)5-10(11)16-3/h4-5H,13H2,1-3H3,(H,14,15). The van der Waals surface area contributed by atoms with E-state index in [1.807, 2.05) is 6.92 Å². The largest absolute Gasteiger partial charge is 0.494 e. The third kappa shape index (κ3) is 1.43. The number of rotatable bonds is 1. The number of hydrogen-bond donors (Lipinski definition) is 2. The summed E-state index contributed by atoms with van der Waals surface area (Å²) in [6.45, 7) is 3.66. The lowest BCUT2D eigenvalue weighted by molar-refractivity contribution is 0.419. The summed E-state index contributed by atoms with van der Waals surface area (Å²) in [5.41, 5.74) is 8.50. The van der Waals surface area contributed by atoms with Crippen molar-refractivity contribution in [2.75, 3.05) is 12.8 Å². The van der Waals surface area contributed by atoms with Gasteiger partial charge >= 0.3 is 0 Å². The number of benzene rings is 1. The number of H-pyrrole nitrogens is 1. The minimum atomic E-state index is -0.00292. The summed E-state index contributed by atoms with van der Waals surface area (Å²) >= 11 is 0. The van der Waals surface area contributed by atoms with E-state index in [2.05, 4.69) is 4.98 Å². The van der Waals surface area contributed by atoms with Crippen molar-refractivity contribution in [3.05, 3.63) is 33.6 Å². The molecule has 0 radical (unpaired) electrons. The molecule has 2 rings (SSSR count). The number of hydrogen-bond acceptors (Lipinski definition) is 3. The van der Waals surface area contributed by atoms with Gasteiger partial charge in [0, 0.05) is 23.0 Å². The Kier molecular flexibility index (Phi) is 2.34. The van der Waals surface area contributed by atoms with Crippen LogP contribution in [0.2, 0.25) is 0 Å². The monoisotopic (exact) mass is 218 g/mol. The van der Waals surface area contributed by atoms with Crippen molar-refractivity contribution in [1.82, 2.24) is 4.98 Å². The van der Waals surface area contributed by atoms with Crippen LogP contribution >= 0.6 is 0 Å². The van der Waals surface area contributed by atoms with E-state index in [0.29, 0.717) is 27.9 Å². The molecule has 4 heteroatoms. The van der Waals surface area contributed by atoms with Crippen LogP contribution in [0.4, 0.5) is 5.69 Å². The molecule has 1 aromatic heterocycles. The number of fused-ring (bicyclic) bond motifs is 1. The number of nitrogens with two attached hydrogens (primary N) is 1. The molecule has 84 valence electrons. The molecule has 0 atom stereocenters. The van der Waals surface area contributed by atoms with Gasteiger partial charge in [-0.25, -0.2) is 0 Å². The number of ether oxygens (including phenoxy) is 1. The summed E-state index contributed by atoms with van der Waals surface area (Å²) in [7, 11) is 1.56. The van der Waals surface area contributed by atoms with Gasteiger partial charge in [0.2, 0.25) is 0 Å². The van der Waals surface area contributed by atoms with Crippen LogP contribution in [-0.4, -0.2) is 12.1 Å². The van der Waals surface area contributed by atoms with Crippen molar-refractivity contribution in [1.29, 1.82) is 0 Å². The van der Waals surface area contributed by atoms with Gasteiger partial charge < -0.3 is 15.5 Å². The minimum Gasteiger partial charge on any atom is -0.494 e. The SMILES string of the molecule is COc1cc(N)cc2c(=O)c(C)c(C)[nH]c12. The number of methoxy groups -OCH3 is 1. The van der Waals surface area contributed by atoms with E-state index in [1.54, 1.807) is 26.2 Å². The average Bonchev–Trinajstić information content (AvgIpc) is 2.26. The van der Waals surface area contributed by atoms with Crippen LogP contribution in [0.5, 0.6) is 5.75 Å². The molecule has 0 fully saturated rings. The molecule has 0 aliphatic carbocycles. The first-order chi connectivity index (χ1) is 7.54. The summed E-state index contributed by atoms with van der Waals surface area (Å²) in [4.78, 5) is 15.2. The number of nitrogen functional groups attached to an aromatic ring is 1. The molecule has 1 aromatic carbocycles. The van der Waals surface area contributed by atoms with Gasteiger partial charge in [-0.1, -0.05) is 0 Å². The Morgan fingerprint density at radius 1 is 1.31 bits per heavy atom. The average molecular weight is 218 g/mol. The van der Waals surface area contributed by atoms with Gasteiger partial charge in [-0.2, -0.15) is 0 Å². The Labute approximate surface area is 93.0 Å². The topological polar surface area (TPSA) is 68.1 Å². The fraction of sp³-hybridized carbons (Fsp3) is 0.250. The Hall–Kier alpha value is -1.97. The summed E-state index contributed by atoms with van der Waals surface area (Å²) in [6.07, 6.45) is 0. The molecule has 2 aromatic rings. The van der Waals surface area contributed by atoms with Crippen molar-refractivity contribution in [3.63, 3.8) is 0 Å². The van der Waals surface area contributed by atoms with Crippen LogP contribution in [-0.2, 0) is 0 Å². The molecule has 4 nitrogen and oxygen atoms in total. The molecule has 0 amide bonds. The zero-order valence-corrected chi connectivity index (χ0v) is 9.55. The maximum absolute atomic E-state index is 12.0. The third-order valence-corrected chi connectivity index (χ3v) is 2.80. The Balaban J connectivity index is 3.01. The van der Waals surface area contributed by atoms with E-state index in [4.69, 9.17) is 10.5 Å². The predicted octanol–water partition coefficient (Wildman–Crippen LogP) is 1.74. The molecule has 0 unspecified atom stereocenters. The van der Waals surface area contributed by atoms with E-state index in [9.17, 15) is 4.79 Å². The molecule has 0 saturated heterocycles. The predicted molar refractivity (Wildman–Crippen MR) is 65.0 cm³/mol. The maximum Gasteiger partial charge on any atom is 0.192 e. The molecule has 0 aliphatic heterocycles. The van der Waals surface area contributed by atoms with Gasteiger partial charge in [-0.3, -0.25) is 4.79 Å². The number of aromatic nitrogens is 1. The molecule has 0 spiro atoms. The Morgan fingerprint density at radius 2 is 2.00 bits per heavy atom. The number of aryl methyl sites for hydroxylation is 1. The Bertz CT molecular complexity index is 614. The quantitative estimate of drug-likeness (QED) is 0.716. The van der Waals surface area contributed by atoms with E-state index in [0.717, 1.165) is 5.69 Å². The summed E-state index contributed by atoms with van der Waals surface area (Å²) in [5, 5.41) is 0.569. The number of nitrogens with one attached hydrogen (secondary N) is 1. The molecular weight excluding hydrogens is 204 g/mol.